The van der Waals surface area contributed by atoms with Crippen molar-refractivity contribution in [3.8, 4) is 0 Å². The first kappa shape index (κ1) is 13.1. The molecule has 0 aliphatic carbocycles. The first-order chi connectivity index (χ1) is 7.04. The van der Waals surface area contributed by atoms with Crippen LogP contribution in [0.25, 0.3) is 0 Å². The molecule has 2 unspecified atom stereocenters. The maximum absolute atomic E-state index is 11.6. The largest absolute Gasteiger partial charge is 0.466 e. The third-order valence-corrected chi connectivity index (χ3v) is 4.06. The minimum absolute atomic E-state index is 0.199. The van der Waals surface area contributed by atoms with Gasteiger partial charge in [-0.25, -0.2) is 0 Å². The summed E-state index contributed by atoms with van der Waals surface area (Å²) in [6.07, 6.45) is 1.52. The number of carbonyl (C=O) groups is 2. The van der Waals surface area contributed by atoms with E-state index in [4.69, 9.17) is 16.3 Å². The highest BCUT2D eigenvalue weighted by atomic mass is 79.9. The number of alkyl halides is 1. The number of halogens is 2. The Morgan fingerprint density at radius 1 is 1.67 bits per heavy atom. The van der Waals surface area contributed by atoms with E-state index >= 15 is 0 Å². The van der Waals surface area contributed by atoms with Crippen LogP contribution < -0.4 is 0 Å². The second kappa shape index (κ2) is 5.92. The van der Waals surface area contributed by atoms with E-state index in [0.717, 1.165) is 3.81 Å². The van der Waals surface area contributed by atoms with Crippen molar-refractivity contribution in [2.45, 2.75) is 18.1 Å². The highest BCUT2D eigenvalue weighted by Gasteiger charge is 2.32. The van der Waals surface area contributed by atoms with Gasteiger partial charge in [-0.15, -0.1) is 11.6 Å². The lowest BCUT2D eigenvalue weighted by atomic mass is 10.0. The summed E-state index contributed by atoms with van der Waals surface area (Å²) in [6.45, 7) is 1.99. The predicted octanol–water partition coefficient (Wildman–Crippen LogP) is 2.67. The number of hydrogen-bond donors (Lipinski definition) is 0. The fourth-order valence-corrected chi connectivity index (χ4v) is 3.68. The van der Waals surface area contributed by atoms with Gasteiger partial charge in [0.05, 0.1) is 17.2 Å². The highest BCUT2D eigenvalue weighted by molar-refractivity contribution is 9.14. The lowest BCUT2D eigenvalue weighted by Crippen LogP contribution is -2.21. The van der Waals surface area contributed by atoms with Crippen LogP contribution in [-0.2, 0) is 14.3 Å². The number of Topliss-reactive ketones (excluding diaryl/α,β-unsaturated/α-hetero) is 1. The van der Waals surface area contributed by atoms with Crippen LogP contribution in [-0.4, -0.2) is 23.1 Å². The van der Waals surface area contributed by atoms with Gasteiger partial charge in [0.25, 0.3) is 0 Å². The number of thioether (sulfide) groups is 1. The van der Waals surface area contributed by atoms with Crippen molar-refractivity contribution < 1.29 is 14.3 Å². The highest BCUT2D eigenvalue weighted by Crippen LogP contribution is 2.42. The first-order valence-electron chi connectivity index (χ1n) is 4.41. The second-order valence-corrected chi connectivity index (χ2v) is 6.21. The molecule has 15 heavy (non-hydrogen) atoms. The third kappa shape index (κ3) is 3.81. The topological polar surface area (TPSA) is 43.4 Å². The normalized spacial score (nSPS) is 24.9. The minimum atomic E-state index is -0.493. The Morgan fingerprint density at radius 3 is 2.80 bits per heavy atom. The van der Waals surface area contributed by atoms with E-state index in [9.17, 15) is 9.59 Å². The molecule has 1 aliphatic rings. The molecule has 1 heterocycles. The van der Waals surface area contributed by atoms with Gasteiger partial charge in [0.15, 0.2) is 5.78 Å². The molecule has 0 saturated carbocycles. The summed E-state index contributed by atoms with van der Waals surface area (Å²) < 4.78 is 5.20. The molecule has 1 rings (SSSR count). The maximum atomic E-state index is 11.6. The molecule has 6 heteroatoms. The van der Waals surface area contributed by atoms with Crippen molar-refractivity contribution in [1.29, 1.82) is 0 Å². The molecule has 1 aliphatic heterocycles. The van der Waals surface area contributed by atoms with Crippen molar-refractivity contribution in [2.75, 3.05) is 6.61 Å². The van der Waals surface area contributed by atoms with Crippen LogP contribution in [0.2, 0.25) is 0 Å². The molecule has 0 spiro atoms. The zero-order chi connectivity index (χ0) is 11.4. The van der Waals surface area contributed by atoms with Crippen molar-refractivity contribution >= 4 is 51.0 Å². The molecule has 0 amide bonds. The number of allylic oxidation sites excluding steroid dienone is 1. The lowest BCUT2D eigenvalue weighted by Gasteiger charge is -2.09. The quantitative estimate of drug-likeness (QED) is 0.455. The predicted molar refractivity (Wildman–Crippen MR) is 64.0 cm³/mol. The number of ketones is 1. The van der Waals surface area contributed by atoms with Gasteiger partial charge in [-0.1, -0.05) is 17.8 Å². The van der Waals surface area contributed by atoms with Crippen LogP contribution in [0.4, 0.5) is 0 Å². The Kier molecular flexibility index (Phi) is 5.15. The van der Waals surface area contributed by atoms with Gasteiger partial charge in [-0.3, -0.25) is 9.59 Å². The fraction of sp³-hybridized carbons (Fsp3) is 0.556. The van der Waals surface area contributed by atoms with E-state index in [0.29, 0.717) is 0 Å². The van der Waals surface area contributed by atoms with Gasteiger partial charge in [0.2, 0.25) is 0 Å². The Morgan fingerprint density at radius 2 is 2.33 bits per heavy atom. The van der Waals surface area contributed by atoms with Crippen molar-refractivity contribution in [1.82, 2.24) is 0 Å². The summed E-state index contributed by atoms with van der Waals surface area (Å²) in [4.78, 5) is 22.7. The molecular formula is C9H10BrClO3S. The maximum Gasteiger partial charge on any atom is 0.313 e. The Hall–Kier alpha value is -0.000000000000000167. The van der Waals surface area contributed by atoms with Crippen molar-refractivity contribution in [3.05, 3.63) is 9.89 Å². The number of esters is 1. The van der Waals surface area contributed by atoms with E-state index < -0.39 is 11.9 Å². The third-order valence-electron chi connectivity index (χ3n) is 1.81. The molecule has 0 radical (unpaired) electrons. The van der Waals surface area contributed by atoms with Gasteiger partial charge in [0.1, 0.15) is 6.42 Å². The molecule has 84 valence electrons. The van der Waals surface area contributed by atoms with Crippen molar-refractivity contribution in [2.24, 2.45) is 5.92 Å². The van der Waals surface area contributed by atoms with E-state index in [1.54, 1.807) is 13.0 Å². The van der Waals surface area contributed by atoms with Crippen LogP contribution in [0, 0.1) is 5.92 Å². The van der Waals surface area contributed by atoms with E-state index in [2.05, 4.69) is 15.9 Å². The molecule has 0 aromatic carbocycles. The lowest BCUT2D eigenvalue weighted by molar-refractivity contribution is -0.145. The standard InChI is InChI=1S/C9H10BrClO3S/c1-2-14-8(13)4-6(12)5-3-7(10)15-9(5)11/h3,5,9H,2,4H2,1H3. The van der Waals surface area contributed by atoms with Crippen LogP contribution in [0.3, 0.4) is 0 Å². The average molecular weight is 314 g/mol. The van der Waals surface area contributed by atoms with Gasteiger partial charge in [-0.05, 0) is 22.9 Å². The van der Waals surface area contributed by atoms with Crippen LogP contribution >= 0.6 is 39.3 Å². The molecule has 3 nitrogen and oxygen atoms in total. The fourth-order valence-electron chi connectivity index (χ4n) is 1.15. The van der Waals surface area contributed by atoms with Crippen LogP contribution in [0.15, 0.2) is 9.89 Å². The van der Waals surface area contributed by atoms with E-state index in [-0.39, 0.29) is 23.5 Å². The van der Waals surface area contributed by atoms with Crippen LogP contribution in [0.5, 0.6) is 0 Å². The van der Waals surface area contributed by atoms with Crippen molar-refractivity contribution in [3.63, 3.8) is 0 Å². The molecule has 0 aromatic heterocycles. The summed E-state index contributed by atoms with van der Waals surface area (Å²) in [5.41, 5.74) is 0. The SMILES string of the molecule is CCOC(=O)CC(=O)C1C=C(Br)SC1Cl. The summed E-state index contributed by atoms with van der Waals surface area (Å²) in [5.74, 6) is -1.10. The monoisotopic (exact) mass is 312 g/mol. The molecule has 0 N–H and O–H groups in total. The molecule has 0 bridgehead atoms. The summed E-state index contributed by atoms with van der Waals surface area (Å²) in [5, 5.41) is 0. The first-order valence-corrected chi connectivity index (χ1v) is 6.52. The minimum Gasteiger partial charge on any atom is -0.466 e. The molecule has 0 fully saturated rings. The second-order valence-electron chi connectivity index (χ2n) is 2.91. The van der Waals surface area contributed by atoms with Crippen LogP contribution in [0.1, 0.15) is 13.3 Å². The Balaban J connectivity index is 2.50. The Bertz CT molecular complexity index is 306. The number of rotatable bonds is 4. The zero-order valence-corrected chi connectivity index (χ0v) is 11.2. The van der Waals surface area contributed by atoms with E-state index in [1.165, 1.54) is 11.8 Å². The van der Waals surface area contributed by atoms with E-state index in [1.807, 2.05) is 0 Å². The van der Waals surface area contributed by atoms with Gasteiger partial charge in [0, 0.05) is 3.81 Å². The molecule has 2 atom stereocenters. The summed E-state index contributed by atoms with van der Waals surface area (Å²) in [6, 6.07) is 0. The zero-order valence-electron chi connectivity index (χ0n) is 8.04. The van der Waals surface area contributed by atoms with Gasteiger partial charge < -0.3 is 4.74 Å². The van der Waals surface area contributed by atoms with Gasteiger partial charge in [-0.2, -0.15) is 0 Å². The molecule has 0 saturated heterocycles. The smallest absolute Gasteiger partial charge is 0.313 e. The number of ether oxygens (including phenoxy) is 1. The average Bonchev–Trinajstić information content (AvgIpc) is 2.45. The summed E-state index contributed by atoms with van der Waals surface area (Å²) >= 11 is 10.6. The molecule has 0 aromatic rings. The van der Waals surface area contributed by atoms with Gasteiger partial charge >= 0.3 is 5.97 Å². The number of hydrogen-bond acceptors (Lipinski definition) is 4. The Labute approximate surface area is 106 Å². The molecular weight excluding hydrogens is 304 g/mol. The summed E-state index contributed by atoms with van der Waals surface area (Å²) in [7, 11) is 0. The number of carbonyl (C=O) groups excluding carboxylic acids is 2.